The Labute approximate surface area is 271 Å². The number of halogens is 3. The van der Waals surface area contributed by atoms with Crippen molar-refractivity contribution in [2.75, 3.05) is 32.2 Å². The molecule has 5 rings (SSSR count). The van der Waals surface area contributed by atoms with Crippen LogP contribution in [0.3, 0.4) is 0 Å². The number of carbonyl (C=O) groups is 1. The van der Waals surface area contributed by atoms with Gasteiger partial charge in [-0.25, -0.2) is 18.0 Å². The summed E-state index contributed by atoms with van der Waals surface area (Å²) in [5.41, 5.74) is -3.90. The number of aromatic nitrogens is 1. The monoisotopic (exact) mass is 694 g/mol. The van der Waals surface area contributed by atoms with E-state index in [2.05, 4.69) is 18.7 Å². The highest BCUT2D eigenvalue weighted by atomic mass is 32.2. The van der Waals surface area contributed by atoms with Crippen LogP contribution in [0, 0.1) is 0 Å². The van der Waals surface area contributed by atoms with Crippen molar-refractivity contribution in [1.29, 1.82) is 0 Å². The van der Waals surface area contributed by atoms with Crippen LogP contribution in [0.15, 0.2) is 69.9 Å². The molecule has 0 bridgehead atoms. The fourth-order valence-corrected chi connectivity index (χ4v) is 5.95. The molecule has 16 heteroatoms. The van der Waals surface area contributed by atoms with Crippen LogP contribution in [-0.2, 0) is 17.2 Å². The van der Waals surface area contributed by atoms with Gasteiger partial charge in [-0.2, -0.15) is 17.7 Å². The van der Waals surface area contributed by atoms with E-state index in [0.717, 1.165) is 29.0 Å². The molecule has 2 heterocycles. The third-order valence-electron chi connectivity index (χ3n) is 7.04. The normalized spacial score (nSPS) is 11.6. The molecule has 47 heavy (non-hydrogen) atoms. The average molecular weight is 695 g/mol. The molecule has 0 fully saturated rings. The van der Waals surface area contributed by atoms with Gasteiger partial charge in [-0.05, 0) is 44.2 Å². The Morgan fingerprint density at radius 2 is 1.60 bits per heavy atom. The first kappa shape index (κ1) is 35.2. The number of benzene rings is 3. The number of thiazole rings is 1. The average Bonchev–Trinajstić information content (AvgIpc) is 3.35. The van der Waals surface area contributed by atoms with Gasteiger partial charge in [0.1, 0.15) is 17.3 Å². The van der Waals surface area contributed by atoms with E-state index >= 15 is 0 Å². The molecule has 0 atom stereocenters. The minimum Gasteiger partial charge on any atom is -0.741 e. The van der Waals surface area contributed by atoms with Crippen molar-refractivity contribution in [2.45, 2.75) is 19.4 Å². The Morgan fingerprint density at radius 3 is 2.13 bits per heavy atom. The van der Waals surface area contributed by atoms with Crippen molar-refractivity contribution < 1.29 is 54.1 Å². The van der Waals surface area contributed by atoms with Gasteiger partial charge in [-0.15, -0.1) is 0 Å². The van der Waals surface area contributed by atoms with Gasteiger partial charge in [0.2, 0.25) is 11.3 Å². The summed E-state index contributed by atoms with van der Waals surface area (Å²) in [5.74, 6) is 0.0552. The van der Waals surface area contributed by atoms with E-state index in [-0.39, 0.29) is 16.9 Å². The van der Waals surface area contributed by atoms with Crippen LogP contribution in [0.2, 0.25) is 0 Å². The molecule has 0 aliphatic rings. The lowest BCUT2D eigenvalue weighted by molar-refractivity contribution is -0.629. The van der Waals surface area contributed by atoms with E-state index in [0.29, 0.717) is 27.5 Å². The number of carbonyl (C=O) groups excluding carboxylic acids is 1. The highest BCUT2D eigenvalue weighted by molar-refractivity contribution is 7.86. The van der Waals surface area contributed by atoms with Crippen LogP contribution < -0.4 is 29.3 Å². The largest absolute Gasteiger partial charge is 0.741 e. The SMILES string of the molecule is CCN(CC)c1ccc2c(C(=O)Oc3c(OC)cccc3OC)c(-c3sc4ccccc4[n+]3C)c(=O)oc2c1.O=S(=O)([O-])C(F)(F)F. The number of alkyl halides is 3. The van der Waals surface area contributed by atoms with Crippen molar-refractivity contribution in [3.63, 3.8) is 0 Å². The van der Waals surface area contributed by atoms with E-state index in [1.54, 1.807) is 30.3 Å². The van der Waals surface area contributed by atoms with Crippen molar-refractivity contribution in [3.8, 4) is 27.8 Å². The summed E-state index contributed by atoms with van der Waals surface area (Å²) < 4.78 is 84.4. The second kappa shape index (κ2) is 14.0. The Kier molecular flexibility index (Phi) is 10.5. The Morgan fingerprint density at radius 1 is 1.00 bits per heavy atom. The fraction of sp³-hybridized carbons (Fsp3) is 0.258. The number of para-hydroxylation sites is 2. The number of ether oxygens (including phenoxy) is 3. The predicted octanol–water partition coefficient (Wildman–Crippen LogP) is 5.63. The van der Waals surface area contributed by atoms with Crippen molar-refractivity contribution >= 4 is 54.3 Å². The van der Waals surface area contributed by atoms with Gasteiger partial charge in [-0.3, -0.25) is 0 Å². The molecule has 0 aliphatic carbocycles. The molecule has 0 aliphatic heterocycles. The van der Waals surface area contributed by atoms with Gasteiger partial charge in [0.25, 0.3) is 5.01 Å². The van der Waals surface area contributed by atoms with Gasteiger partial charge >= 0.3 is 17.1 Å². The number of rotatable bonds is 8. The molecule has 11 nitrogen and oxygen atoms in total. The summed E-state index contributed by atoms with van der Waals surface area (Å²) in [6, 6.07) is 18.4. The molecule has 0 radical (unpaired) electrons. The quantitative estimate of drug-likeness (QED) is 0.0501. The van der Waals surface area contributed by atoms with Crippen LogP contribution in [0.5, 0.6) is 17.2 Å². The lowest BCUT2D eigenvalue weighted by Crippen LogP contribution is -2.31. The first-order valence-electron chi connectivity index (χ1n) is 13.9. The molecule has 3 aromatic carbocycles. The molecular formula is C31H29F3N2O9S2. The van der Waals surface area contributed by atoms with Gasteiger partial charge in [0, 0.05) is 36.3 Å². The zero-order chi connectivity index (χ0) is 34.7. The van der Waals surface area contributed by atoms with Gasteiger partial charge in [0.05, 0.1) is 19.8 Å². The second-order valence-corrected chi connectivity index (χ2v) is 12.1. The second-order valence-electron chi connectivity index (χ2n) is 9.71. The van der Waals surface area contributed by atoms with E-state index in [4.69, 9.17) is 31.6 Å². The molecule has 0 spiro atoms. The summed E-state index contributed by atoms with van der Waals surface area (Å²) in [6.07, 6.45) is 0. The number of methoxy groups -OCH3 is 2. The summed E-state index contributed by atoms with van der Waals surface area (Å²) in [7, 11) is -1.27. The van der Waals surface area contributed by atoms with Crippen LogP contribution in [0.25, 0.3) is 31.8 Å². The standard InChI is InChI=1S/C30H29N2O6S.CHF3O3S/c1-6-32(7-2)18-15-16-19-23(17-18)37-30(34)26(28-31(3)20-11-8-9-14-24(20)39-28)25(19)29(33)38-27-21(35-4)12-10-13-22(27)36-5;2-1(3,4)8(5,6)7/h8-17H,6-7H2,1-5H3;(H,5,6,7)/q+1;/p-1. The molecule has 2 aromatic heterocycles. The van der Waals surface area contributed by atoms with Crippen LogP contribution in [-0.4, -0.2) is 51.8 Å². The molecule has 5 aromatic rings. The maximum absolute atomic E-state index is 14.0. The number of hydrogen-bond donors (Lipinski definition) is 0. The highest BCUT2D eigenvalue weighted by Crippen LogP contribution is 2.39. The Hall–Kier alpha value is -4.67. The molecule has 0 saturated heterocycles. The highest BCUT2D eigenvalue weighted by Gasteiger charge is 2.37. The van der Waals surface area contributed by atoms with E-state index < -0.39 is 27.2 Å². The zero-order valence-electron chi connectivity index (χ0n) is 25.7. The first-order chi connectivity index (χ1) is 22.2. The third kappa shape index (κ3) is 7.18. The minimum absolute atomic E-state index is 0.113. The third-order valence-corrected chi connectivity index (χ3v) is 8.84. The van der Waals surface area contributed by atoms with Crippen LogP contribution >= 0.6 is 11.3 Å². The first-order valence-corrected chi connectivity index (χ1v) is 16.1. The van der Waals surface area contributed by atoms with Crippen LogP contribution in [0.4, 0.5) is 18.9 Å². The Balaban J connectivity index is 0.000000555. The molecule has 250 valence electrons. The molecule has 0 saturated carbocycles. The number of anilines is 1. The number of hydrogen-bond acceptors (Lipinski definition) is 11. The van der Waals surface area contributed by atoms with Crippen molar-refractivity contribution in [2.24, 2.45) is 7.05 Å². The number of aryl methyl sites for hydroxylation is 1. The van der Waals surface area contributed by atoms with E-state index in [9.17, 15) is 22.8 Å². The summed E-state index contributed by atoms with van der Waals surface area (Å²) in [5, 5.41) is 1.05. The van der Waals surface area contributed by atoms with Gasteiger partial charge < -0.3 is 28.1 Å². The molecular weight excluding hydrogens is 665 g/mol. The number of fused-ring (bicyclic) bond motifs is 2. The number of esters is 1. The van der Waals surface area contributed by atoms with E-state index in [1.807, 2.05) is 41.9 Å². The topological polar surface area (TPSA) is 139 Å². The Bertz CT molecular complexity index is 2080. The zero-order valence-corrected chi connectivity index (χ0v) is 27.3. The fourth-order valence-electron chi connectivity index (χ4n) is 4.76. The summed E-state index contributed by atoms with van der Waals surface area (Å²) in [6.45, 7) is 5.67. The van der Waals surface area contributed by atoms with Crippen LogP contribution in [0.1, 0.15) is 24.2 Å². The lowest BCUT2D eigenvalue weighted by atomic mass is 10.0. The smallest absolute Gasteiger partial charge is 0.485 e. The maximum atomic E-state index is 14.0. The molecule has 0 amide bonds. The van der Waals surface area contributed by atoms with Gasteiger partial charge in [-0.1, -0.05) is 29.5 Å². The summed E-state index contributed by atoms with van der Waals surface area (Å²) in [4.78, 5) is 29.8. The predicted molar refractivity (Wildman–Crippen MR) is 168 cm³/mol. The lowest BCUT2D eigenvalue weighted by Gasteiger charge is -2.21. The minimum atomic E-state index is -6.09. The van der Waals surface area contributed by atoms with Gasteiger partial charge in [0.15, 0.2) is 27.2 Å². The molecule has 0 N–H and O–H groups in total. The summed E-state index contributed by atoms with van der Waals surface area (Å²) >= 11 is 1.41. The maximum Gasteiger partial charge on any atom is 0.485 e. The number of nitrogens with zero attached hydrogens (tertiary/aromatic N) is 2. The van der Waals surface area contributed by atoms with Crippen molar-refractivity contribution in [1.82, 2.24) is 0 Å². The molecule has 0 unspecified atom stereocenters. The van der Waals surface area contributed by atoms with Crippen molar-refractivity contribution in [3.05, 3.63) is 76.6 Å². The van der Waals surface area contributed by atoms with E-state index in [1.165, 1.54) is 25.6 Å².